The van der Waals surface area contributed by atoms with Crippen molar-refractivity contribution in [3.05, 3.63) is 18.5 Å². The van der Waals surface area contributed by atoms with Crippen molar-refractivity contribution in [3.8, 4) is 0 Å². The topological polar surface area (TPSA) is 61.6 Å². The van der Waals surface area contributed by atoms with Crippen LogP contribution in [0.5, 0.6) is 0 Å². The molecule has 6 nitrogen and oxygen atoms in total. The molecule has 1 saturated heterocycles. The molecule has 1 aromatic rings. The smallest absolute Gasteiger partial charge is 0.320 e. The number of piperazine rings is 1. The number of carbonyl (C=O) groups is 1. The normalized spacial score (nSPS) is 19.8. The first-order valence-corrected chi connectivity index (χ1v) is 6.33. The Bertz CT molecular complexity index is 371. The van der Waals surface area contributed by atoms with E-state index in [0.717, 1.165) is 39.3 Å². The van der Waals surface area contributed by atoms with E-state index in [9.17, 15) is 4.79 Å². The van der Waals surface area contributed by atoms with Crippen molar-refractivity contribution in [2.75, 3.05) is 32.7 Å². The Hall–Kier alpha value is -1.40. The second-order valence-electron chi connectivity index (χ2n) is 4.66. The maximum atomic E-state index is 10.9. The quantitative estimate of drug-likeness (QED) is 0.797. The van der Waals surface area contributed by atoms with Crippen molar-refractivity contribution in [3.63, 3.8) is 0 Å². The maximum Gasteiger partial charge on any atom is 0.320 e. The zero-order valence-electron chi connectivity index (χ0n) is 10.7. The highest BCUT2D eigenvalue weighted by atomic mass is 16.4. The molecular weight excluding hydrogens is 232 g/mol. The summed E-state index contributed by atoms with van der Waals surface area (Å²) in [6, 6.07) is 1.55. The van der Waals surface area contributed by atoms with Crippen LogP contribution >= 0.6 is 0 Å². The predicted octanol–water partition coefficient (Wildman–Crippen LogP) is -0.0262. The third-order valence-electron chi connectivity index (χ3n) is 3.52. The molecule has 1 aliphatic rings. The number of hydrogen-bond acceptors (Lipinski definition) is 4. The average Bonchev–Trinajstić information content (AvgIpc) is 2.89. The molecule has 0 aromatic carbocycles. The Morgan fingerprint density at radius 1 is 1.33 bits per heavy atom. The van der Waals surface area contributed by atoms with Crippen LogP contribution in [-0.4, -0.2) is 69.4 Å². The van der Waals surface area contributed by atoms with Gasteiger partial charge in [0.2, 0.25) is 0 Å². The monoisotopic (exact) mass is 252 g/mol. The van der Waals surface area contributed by atoms with E-state index in [1.165, 1.54) is 0 Å². The van der Waals surface area contributed by atoms with Gasteiger partial charge in [-0.2, -0.15) is 5.10 Å². The van der Waals surface area contributed by atoms with Crippen LogP contribution in [0.15, 0.2) is 18.5 Å². The highest BCUT2D eigenvalue weighted by Crippen LogP contribution is 2.06. The van der Waals surface area contributed by atoms with Gasteiger partial charge in [-0.1, -0.05) is 0 Å². The number of aliphatic carboxylic acids is 1. The first-order valence-electron chi connectivity index (χ1n) is 6.33. The Labute approximate surface area is 107 Å². The Morgan fingerprint density at radius 2 is 2.06 bits per heavy atom. The Kier molecular flexibility index (Phi) is 4.33. The first-order chi connectivity index (χ1) is 8.66. The fraction of sp³-hybridized carbons (Fsp3) is 0.667. The number of hydrogen-bond donors (Lipinski definition) is 1. The molecule has 0 amide bonds. The second kappa shape index (κ2) is 5.97. The minimum absolute atomic E-state index is 0.377. The van der Waals surface area contributed by atoms with Gasteiger partial charge in [0.25, 0.3) is 0 Å². The molecule has 18 heavy (non-hydrogen) atoms. The van der Waals surface area contributed by atoms with Crippen molar-refractivity contribution in [2.24, 2.45) is 0 Å². The maximum absolute atomic E-state index is 10.9. The van der Waals surface area contributed by atoms with Gasteiger partial charge >= 0.3 is 5.97 Å². The fourth-order valence-electron chi connectivity index (χ4n) is 2.21. The average molecular weight is 252 g/mol. The summed E-state index contributed by atoms with van der Waals surface area (Å²) in [5.74, 6) is -0.736. The van der Waals surface area contributed by atoms with Gasteiger partial charge < -0.3 is 5.11 Å². The first kappa shape index (κ1) is 13.0. The summed E-state index contributed by atoms with van der Waals surface area (Å²) in [5.41, 5.74) is 0. The lowest BCUT2D eigenvalue weighted by molar-refractivity contribution is -0.143. The molecule has 2 heterocycles. The van der Waals surface area contributed by atoms with Crippen LogP contribution in [0.4, 0.5) is 0 Å². The third-order valence-corrected chi connectivity index (χ3v) is 3.52. The van der Waals surface area contributed by atoms with E-state index >= 15 is 0 Å². The lowest BCUT2D eigenvalue weighted by Gasteiger charge is -2.36. The van der Waals surface area contributed by atoms with Crippen molar-refractivity contribution in [1.82, 2.24) is 19.6 Å². The summed E-state index contributed by atoms with van der Waals surface area (Å²) in [7, 11) is 0. The van der Waals surface area contributed by atoms with Gasteiger partial charge in [-0.05, 0) is 13.0 Å². The van der Waals surface area contributed by atoms with Gasteiger partial charge in [0, 0.05) is 45.1 Å². The lowest BCUT2D eigenvalue weighted by Crippen LogP contribution is -2.52. The van der Waals surface area contributed by atoms with E-state index in [2.05, 4.69) is 10.00 Å². The predicted molar refractivity (Wildman–Crippen MR) is 67.3 cm³/mol. The number of carboxylic acids is 1. The summed E-state index contributed by atoms with van der Waals surface area (Å²) in [5, 5.41) is 13.1. The van der Waals surface area contributed by atoms with Gasteiger partial charge in [-0.3, -0.25) is 19.3 Å². The van der Waals surface area contributed by atoms with E-state index < -0.39 is 5.97 Å². The molecule has 1 fully saturated rings. The summed E-state index contributed by atoms with van der Waals surface area (Å²) < 4.78 is 1.92. The lowest BCUT2D eigenvalue weighted by atomic mass is 10.2. The van der Waals surface area contributed by atoms with Crippen molar-refractivity contribution >= 4 is 5.97 Å². The standard InChI is InChI=1S/C12H20N4O2/c1-11(12(17)18)15-8-5-14(6-9-15)7-10-16-4-2-3-13-16/h2-4,11H,5-10H2,1H3,(H,17,18). The molecule has 1 unspecified atom stereocenters. The number of nitrogens with zero attached hydrogens (tertiary/aromatic N) is 4. The van der Waals surface area contributed by atoms with Crippen LogP contribution in [0, 0.1) is 0 Å². The largest absolute Gasteiger partial charge is 0.480 e. The minimum atomic E-state index is -0.736. The van der Waals surface area contributed by atoms with Gasteiger partial charge in [-0.25, -0.2) is 0 Å². The zero-order chi connectivity index (χ0) is 13.0. The van der Waals surface area contributed by atoms with E-state index in [4.69, 9.17) is 5.11 Å². The molecule has 0 saturated carbocycles. The van der Waals surface area contributed by atoms with Crippen LogP contribution in [0.2, 0.25) is 0 Å². The highest BCUT2D eigenvalue weighted by Gasteiger charge is 2.24. The second-order valence-corrected chi connectivity index (χ2v) is 4.66. The van der Waals surface area contributed by atoms with Gasteiger partial charge in [0.1, 0.15) is 6.04 Å². The van der Waals surface area contributed by atoms with E-state index in [1.54, 1.807) is 13.1 Å². The summed E-state index contributed by atoms with van der Waals surface area (Å²) in [6.07, 6.45) is 3.75. The summed E-state index contributed by atoms with van der Waals surface area (Å²) in [6.45, 7) is 7.12. The fourth-order valence-corrected chi connectivity index (χ4v) is 2.21. The van der Waals surface area contributed by atoms with Crippen LogP contribution in [-0.2, 0) is 11.3 Å². The van der Waals surface area contributed by atoms with Crippen LogP contribution < -0.4 is 0 Å². The van der Waals surface area contributed by atoms with Crippen LogP contribution in [0.3, 0.4) is 0 Å². The molecular formula is C12H20N4O2. The summed E-state index contributed by atoms with van der Waals surface area (Å²) in [4.78, 5) is 15.3. The van der Waals surface area contributed by atoms with Crippen molar-refractivity contribution < 1.29 is 9.90 Å². The molecule has 0 spiro atoms. The molecule has 1 N–H and O–H groups in total. The zero-order valence-corrected chi connectivity index (χ0v) is 10.7. The summed E-state index contributed by atoms with van der Waals surface area (Å²) >= 11 is 0. The van der Waals surface area contributed by atoms with Crippen LogP contribution in [0.1, 0.15) is 6.92 Å². The molecule has 6 heteroatoms. The molecule has 0 aliphatic carbocycles. The van der Waals surface area contributed by atoms with Gasteiger partial charge in [-0.15, -0.1) is 0 Å². The Morgan fingerprint density at radius 3 is 2.61 bits per heavy atom. The SMILES string of the molecule is CC(C(=O)O)N1CCN(CCn2cccn2)CC1. The van der Waals surface area contributed by atoms with Crippen molar-refractivity contribution in [2.45, 2.75) is 19.5 Å². The molecule has 1 aliphatic heterocycles. The van der Waals surface area contributed by atoms with E-state index in [-0.39, 0.29) is 6.04 Å². The molecule has 1 aromatic heterocycles. The van der Waals surface area contributed by atoms with Gasteiger partial charge in [0.15, 0.2) is 0 Å². The van der Waals surface area contributed by atoms with E-state index in [1.807, 2.05) is 21.8 Å². The third kappa shape index (κ3) is 3.30. The molecule has 0 radical (unpaired) electrons. The van der Waals surface area contributed by atoms with E-state index in [0.29, 0.717) is 0 Å². The van der Waals surface area contributed by atoms with Gasteiger partial charge in [0.05, 0.1) is 6.54 Å². The Balaban J connectivity index is 1.72. The molecule has 2 rings (SSSR count). The molecule has 0 bridgehead atoms. The number of aromatic nitrogens is 2. The van der Waals surface area contributed by atoms with Crippen molar-refractivity contribution in [1.29, 1.82) is 0 Å². The highest BCUT2D eigenvalue weighted by molar-refractivity contribution is 5.72. The number of carboxylic acid groups (broad SMARTS) is 1. The number of rotatable bonds is 5. The minimum Gasteiger partial charge on any atom is -0.480 e. The molecule has 1 atom stereocenters. The molecule has 100 valence electrons. The van der Waals surface area contributed by atoms with Crippen LogP contribution in [0.25, 0.3) is 0 Å².